The van der Waals surface area contributed by atoms with Crippen molar-refractivity contribution in [1.29, 1.82) is 0 Å². The number of fused-ring (bicyclic) bond motifs is 2. The molecule has 2 N–H and O–H groups in total. The Morgan fingerprint density at radius 1 is 0.971 bits per heavy atom. The molecule has 7 nitrogen and oxygen atoms in total. The lowest BCUT2D eigenvalue weighted by Gasteiger charge is -2.16. The average Bonchev–Trinajstić information content (AvgIpc) is 2.82. The molecule has 0 saturated heterocycles. The molecule has 3 aromatic carbocycles. The molecule has 0 unspecified atom stereocenters. The van der Waals surface area contributed by atoms with Gasteiger partial charge in [0, 0.05) is 34.6 Å². The van der Waals surface area contributed by atoms with Gasteiger partial charge >= 0.3 is 6.09 Å². The Labute approximate surface area is 199 Å². The summed E-state index contributed by atoms with van der Waals surface area (Å²) in [5.74, 6) is 1.52. The van der Waals surface area contributed by atoms with Crippen LogP contribution >= 0.6 is 0 Å². The van der Waals surface area contributed by atoms with Crippen molar-refractivity contribution in [2.24, 2.45) is 0 Å². The van der Waals surface area contributed by atoms with E-state index in [1.54, 1.807) is 14.2 Å². The van der Waals surface area contributed by atoms with Crippen LogP contribution in [-0.4, -0.2) is 31.3 Å². The number of aryl methyl sites for hydroxylation is 1. The summed E-state index contributed by atoms with van der Waals surface area (Å²) in [5.41, 5.74) is 5.34. The number of hydrogen-bond donors (Lipinski definition) is 2. The molecular weight excluding hydrogens is 430 g/mol. The molecule has 1 amide bonds. The van der Waals surface area contributed by atoms with Crippen LogP contribution in [0.4, 0.5) is 16.2 Å². The van der Waals surface area contributed by atoms with Crippen molar-refractivity contribution in [3.8, 4) is 11.5 Å². The van der Waals surface area contributed by atoms with Gasteiger partial charge in [-0.25, -0.2) is 9.78 Å². The largest absolute Gasteiger partial charge is 0.497 e. The van der Waals surface area contributed by atoms with Crippen LogP contribution < -0.4 is 20.1 Å². The first kappa shape index (κ1) is 23.2. The minimum absolute atomic E-state index is 0.0226. The molecule has 34 heavy (non-hydrogen) atoms. The first-order chi connectivity index (χ1) is 16.4. The summed E-state index contributed by atoms with van der Waals surface area (Å²) in [6.45, 7) is 5.98. The lowest BCUT2D eigenvalue weighted by atomic mass is 10.0. The number of carbonyl (C=O) groups is 1. The normalized spacial score (nSPS) is 11.0. The third-order valence-corrected chi connectivity index (χ3v) is 5.47. The number of ether oxygens (including phenoxy) is 3. The van der Waals surface area contributed by atoms with E-state index in [0.29, 0.717) is 0 Å². The predicted octanol–water partition coefficient (Wildman–Crippen LogP) is 6.09. The zero-order chi connectivity index (χ0) is 24.2. The Morgan fingerprint density at radius 2 is 1.76 bits per heavy atom. The maximum absolute atomic E-state index is 11.9. The monoisotopic (exact) mass is 459 g/mol. The molecule has 0 aliphatic rings. The molecule has 0 radical (unpaired) electrons. The Morgan fingerprint density at radius 3 is 2.50 bits per heavy atom. The first-order valence-electron chi connectivity index (χ1n) is 11.1. The first-order valence-corrected chi connectivity index (χ1v) is 11.1. The number of hydrogen-bond acceptors (Lipinski definition) is 6. The number of nitrogens with zero attached hydrogens (tertiary/aromatic N) is 1. The molecule has 0 atom stereocenters. The summed E-state index contributed by atoms with van der Waals surface area (Å²) < 4.78 is 16.3. The Hall–Kier alpha value is -4.00. The van der Waals surface area contributed by atoms with Gasteiger partial charge in [-0.15, -0.1) is 0 Å². The van der Waals surface area contributed by atoms with Crippen LogP contribution in [-0.2, 0) is 11.3 Å². The lowest BCUT2D eigenvalue weighted by molar-refractivity contribution is 0.137. The fourth-order valence-corrected chi connectivity index (χ4v) is 3.85. The van der Waals surface area contributed by atoms with Gasteiger partial charge in [0.2, 0.25) is 0 Å². The Kier molecular flexibility index (Phi) is 6.72. The van der Waals surface area contributed by atoms with Crippen LogP contribution in [0.5, 0.6) is 11.5 Å². The highest BCUT2D eigenvalue weighted by Gasteiger charge is 2.14. The van der Waals surface area contributed by atoms with Crippen molar-refractivity contribution >= 4 is 39.3 Å². The minimum Gasteiger partial charge on any atom is -0.497 e. The molecule has 0 saturated carbocycles. The summed E-state index contributed by atoms with van der Waals surface area (Å²) in [6.07, 6.45) is -0.433. The summed E-state index contributed by atoms with van der Waals surface area (Å²) in [5, 5.41) is 8.25. The number of benzene rings is 3. The van der Waals surface area contributed by atoms with E-state index < -0.39 is 6.09 Å². The quantitative estimate of drug-likeness (QED) is 0.325. The van der Waals surface area contributed by atoms with Crippen LogP contribution in [0.1, 0.15) is 25.0 Å². The van der Waals surface area contributed by atoms with Crippen LogP contribution in [0.25, 0.3) is 21.8 Å². The molecule has 4 rings (SSSR count). The molecule has 0 fully saturated rings. The van der Waals surface area contributed by atoms with Crippen molar-refractivity contribution < 1.29 is 19.0 Å². The SMILES string of the molecule is COc1ccc2c(Nc3cccc(COC(=O)NC(C)C)c3)c3cc(C)c(OC)cc3nc2c1. The second-order valence-corrected chi connectivity index (χ2v) is 8.41. The number of anilines is 2. The molecule has 1 aromatic heterocycles. The van der Waals surface area contributed by atoms with Gasteiger partial charge in [-0.05, 0) is 62.2 Å². The van der Waals surface area contributed by atoms with Crippen molar-refractivity contribution in [3.05, 3.63) is 65.7 Å². The van der Waals surface area contributed by atoms with E-state index in [9.17, 15) is 4.79 Å². The van der Waals surface area contributed by atoms with Crippen LogP contribution in [0.15, 0.2) is 54.6 Å². The fraction of sp³-hybridized carbons (Fsp3) is 0.259. The molecule has 1 heterocycles. The second-order valence-electron chi connectivity index (χ2n) is 8.41. The Bertz CT molecular complexity index is 1350. The van der Waals surface area contributed by atoms with Gasteiger partial charge < -0.3 is 24.8 Å². The van der Waals surface area contributed by atoms with E-state index in [1.165, 1.54) is 0 Å². The van der Waals surface area contributed by atoms with Gasteiger partial charge in [0.1, 0.15) is 18.1 Å². The highest BCUT2D eigenvalue weighted by atomic mass is 16.5. The van der Waals surface area contributed by atoms with E-state index >= 15 is 0 Å². The second kappa shape index (κ2) is 9.87. The molecule has 0 bridgehead atoms. The highest BCUT2D eigenvalue weighted by molar-refractivity contribution is 6.09. The van der Waals surface area contributed by atoms with Gasteiger partial charge in [0.25, 0.3) is 0 Å². The zero-order valence-corrected chi connectivity index (χ0v) is 20.1. The molecule has 7 heteroatoms. The molecule has 176 valence electrons. The van der Waals surface area contributed by atoms with E-state index in [1.807, 2.05) is 69.3 Å². The molecular formula is C27H29N3O4. The number of rotatable bonds is 7. The van der Waals surface area contributed by atoms with E-state index in [-0.39, 0.29) is 12.6 Å². The van der Waals surface area contributed by atoms with Gasteiger partial charge in [0.15, 0.2) is 0 Å². The number of methoxy groups -OCH3 is 2. The average molecular weight is 460 g/mol. The third-order valence-electron chi connectivity index (χ3n) is 5.47. The van der Waals surface area contributed by atoms with Crippen LogP contribution in [0.3, 0.4) is 0 Å². The predicted molar refractivity (Wildman–Crippen MR) is 135 cm³/mol. The zero-order valence-electron chi connectivity index (χ0n) is 20.1. The van der Waals surface area contributed by atoms with Gasteiger partial charge in [-0.2, -0.15) is 0 Å². The Balaban J connectivity index is 1.74. The summed E-state index contributed by atoms with van der Waals surface area (Å²) in [7, 11) is 3.30. The standard InChI is InChI=1S/C27H29N3O4/c1-16(2)28-27(31)34-15-18-7-6-8-19(12-18)29-26-21-10-9-20(32-4)13-23(21)30-24-14-25(33-5)17(3)11-22(24)26/h6-14,16H,15H2,1-5H3,(H,28,31)(H,29,30). The van der Waals surface area contributed by atoms with E-state index in [4.69, 9.17) is 19.2 Å². The number of aromatic nitrogens is 1. The summed E-state index contributed by atoms with van der Waals surface area (Å²) in [6, 6.07) is 17.7. The molecule has 0 aliphatic carbocycles. The van der Waals surface area contributed by atoms with Crippen molar-refractivity contribution in [1.82, 2.24) is 10.3 Å². The highest BCUT2D eigenvalue weighted by Crippen LogP contribution is 2.37. The number of nitrogens with one attached hydrogen (secondary N) is 2. The van der Waals surface area contributed by atoms with Gasteiger partial charge in [-0.3, -0.25) is 0 Å². The molecule has 4 aromatic rings. The van der Waals surface area contributed by atoms with Crippen molar-refractivity contribution in [2.75, 3.05) is 19.5 Å². The molecule has 0 aliphatic heterocycles. The number of carbonyl (C=O) groups excluding carboxylic acids is 1. The minimum atomic E-state index is -0.433. The smallest absolute Gasteiger partial charge is 0.407 e. The lowest BCUT2D eigenvalue weighted by Crippen LogP contribution is -2.30. The summed E-state index contributed by atoms with van der Waals surface area (Å²) >= 11 is 0. The van der Waals surface area contributed by atoms with E-state index in [0.717, 1.165) is 55.8 Å². The van der Waals surface area contributed by atoms with Crippen molar-refractivity contribution in [3.63, 3.8) is 0 Å². The van der Waals surface area contributed by atoms with Gasteiger partial charge in [0.05, 0.1) is 30.9 Å². The maximum atomic E-state index is 11.9. The molecule has 0 spiro atoms. The fourth-order valence-electron chi connectivity index (χ4n) is 3.85. The van der Waals surface area contributed by atoms with Crippen LogP contribution in [0, 0.1) is 6.92 Å². The number of pyridine rings is 1. The topological polar surface area (TPSA) is 81.7 Å². The number of amides is 1. The third kappa shape index (κ3) is 4.98. The van der Waals surface area contributed by atoms with E-state index in [2.05, 4.69) is 16.7 Å². The maximum Gasteiger partial charge on any atom is 0.407 e. The number of alkyl carbamates (subject to hydrolysis) is 1. The summed E-state index contributed by atoms with van der Waals surface area (Å²) in [4.78, 5) is 16.7. The van der Waals surface area contributed by atoms with Crippen molar-refractivity contribution in [2.45, 2.75) is 33.4 Å². The van der Waals surface area contributed by atoms with Crippen LogP contribution in [0.2, 0.25) is 0 Å². The van der Waals surface area contributed by atoms with Gasteiger partial charge in [-0.1, -0.05) is 12.1 Å².